The van der Waals surface area contributed by atoms with Crippen molar-refractivity contribution in [3.05, 3.63) is 22.2 Å². The lowest BCUT2D eigenvalue weighted by atomic mass is 10.2. The Morgan fingerprint density at radius 1 is 1.33 bits per heavy atom. The largest absolute Gasteiger partial charge is 0.397 e. The fraction of sp³-hybridized carbons (Fsp3) is 0. The van der Waals surface area contributed by atoms with Crippen molar-refractivity contribution in [3.63, 3.8) is 0 Å². The predicted octanol–water partition coefficient (Wildman–Crippen LogP) is 1.91. The standard InChI is InChI=1S/C6H4N4O2/c7-3-1-2-4(10(11)12)6-5(3)8-9-6/h1-2H,7H2. The Labute approximate surface area is 66.9 Å². The highest BCUT2D eigenvalue weighted by Gasteiger charge is 2.24. The molecule has 2 N–H and O–H groups in total. The van der Waals surface area contributed by atoms with E-state index in [1.807, 2.05) is 0 Å². The van der Waals surface area contributed by atoms with Gasteiger partial charge in [0.05, 0.1) is 10.6 Å². The van der Waals surface area contributed by atoms with Gasteiger partial charge in [0.25, 0.3) is 5.69 Å². The Morgan fingerprint density at radius 2 is 2.00 bits per heavy atom. The molecule has 1 aromatic carbocycles. The summed E-state index contributed by atoms with van der Waals surface area (Å²) in [5, 5.41) is 17.5. The molecule has 0 saturated carbocycles. The molecule has 0 aliphatic carbocycles. The molecule has 0 spiro atoms. The van der Waals surface area contributed by atoms with Gasteiger partial charge in [-0.15, -0.1) is 10.2 Å². The smallest absolute Gasteiger partial charge is 0.299 e. The number of anilines is 1. The van der Waals surface area contributed by atoms with Crippen LogP contribution in [-0.4, -0.2) is 4.92 Å². The summed E-state index contributed by atoms with van der Waals surface area (Å²) in [4.78, 5) is 9.88. The topological polar surface area (TPSA) is 93.9 Å². The van der Waals surface area contributed by atoms with Crippen molar-refractivity contribution in [3.8, 4) is 0 Å². The van der Waals surface area contributed by atoms with Crippen LogP contribution in [0.25, 0.3) is 0 Å². The first-order chi connectivity index (χ1) is 5.70. The molecule has 0 atom stereocenters. The van der Waals surface area contributed by atoms with Crippen molar-refractivity contribution in [1.82, 2.24) is 0 Å². The molecule has 1 aliphatic heterocycles. The van der Waals surface area contributed by atoms with Crippen LogP contribution in [0.3, 0.4) is 0 Å². The summed E-state index contributed by atoms with van der Waals surface area (Å²) in [6.07, 6.45) is 0. The Bertz CT molecular complexity index is 399. The monoisotopic (exact) mass is 164 g/mol. The molecule has 1 heterocycles. The molecule has 60 valence electrons. The van der Waals surface area contributed by atoms with Crippen molar-refractivity contribution < 1.29 is 4.92 Å². The molecule has 0 amide bonds. The molecule has 0 bridgehead atoms. The van der Waals surface area contributed by atoms with Gasteiger partial charge in [-0.25, -0.2) is 0 Å². The molecule has 2 rings (SSSR count). The van der Waals surface area contributed by atoms with E-state index in [1.54, 1.807) is 0 Å². The van der Waals surface area contributed by atoms with E-state index in [9.17, 15) is 10.1 Å². The van der Waals surface area contributed by atoms with Gasteiger partial charge in [-0.05, 0) is 6.07 Å². The van der Waals surface area contributed by atoms with Crippen LogP contribution in [0.15, 0.2) is 22.4 Å². The molecule has 6 nitrogen and oxygen atoms in total. The highest BCUT2D eigenvalue weighted by atomic mass is 16.6. The number of fused-ring (bicyclic) bond motifs is 1. The van der Waals surface area contributed by atoms with Crippen LogP contribution < -0.4 is 5.73 Å². The van der Waals surface area contributed by atoms with Crippen LogP contribution in [0.4, 0.5) is 22.7 Å². The SMILES string of the molecule is Nc1ccc([N+](=O)[O-])c2c1N=N2. The van der Waals surface area contributed by atoms with E-state index in [-0.39, 0.29) is 11.4 Å². The highest BCUT2D eigenvalue weighted by molar-refractivity contribution is 5.85. The Balaban J connectivity index is 2.64. The van der Waals surface area contributed by atoms with Crippen molar-refractivity contribution >= 4 is 22.7 Å². The number of hydrogen-bond acceptors (Lipinski definition) is 5. The summed E-state index contributed by atoms with van der Waals surface area (Å²) in [6, 6.07) is 2.78. The van der Waals surface area contributed by atoms with E-state index in [1.165, 1.54) is 12.1 Å². The number of nitro groups is 1. The zero-order valence-corrected chi connectivity index (χ0v) is 5.89. The summed E-state index contributed by atoms with van der Waals surface area (Å²) >= 11 is 0. The third kappa shape index (κ3) is 0.685. The second kappa shape index (κ2) is 2.00. The van der Waals surface area contributed by atoms with E-state index in [2.05, 4.69) is 10.2 Å². The molecular weight excluding hydrogens is 160 g/mol. The number of rotatable bonds is 1. The normalized spacial score (nSPS) is 12.0. The fourth-order valence-corrected chi connectivity index (χ4v) is 0.991. The Morgan fingerprint density at radius 3 is 2.50 bits per heavy atom. The first-order valence-electron chi connectivity index (χ1n) is 3.19. The molecule has 12 heavy (non-hydrogen) atoms. The van der Waals surface area contributed by atoms with E-state index in [4.69, 9.17) is 5.73 Å². The second-order valence-corrected chi connectivity index (χ2v) is 2.33. The summed E-state index contributed by atoms with van der Waals surface area (Å²) in [7, 11) is 0. The quantitative estimate of drug-likeness (QED) is 0.396. The average molecular weight is 164 g/mol. The van der Waals surface area contributed by atoms with E-state index in [0.717, 1.165) is 0 Å². The third-order valence-corrected chi connectivity index (χ3v) is 1.61. The summed E-state index contributed by atoms with van der Waals surface area (Å²) in [5.74, 6) is 0. The van der Waals surface area contributed by atoms with Crippen LogP contribution in [0.1, 0.15) is 0 Å². The molecule has 0 radical (unpaired) electrons. The van der Waals surface area contributed by atoms with Gasteiger partial charge in [-0.1, -0.05) is 0 Å². The van der Waals surface area contributed by atoms with Gasteiger partial charge >= 0.3 is 0 Å². The van der Waals surface area contributed by atoms with Crippen molar-refractivity contribution in [2.24, 2.45) is 10.2 Å². The maximum Gasteiger partial charge on any atom is 0.299 e. The van der Waals surface area contributed by atoms with Crippen LogP contribution in [0.2, 0.25) is 0 Å². The van der Waals surface area contributed by atoms with Crippen molar-refractivity contribution in [2.45, 2.75) is 0 Å². The zero-order chi connectivity index (χ0) is 8.72. The number of azo groups is 1. The summed E-state index contributed by atoms with van der Waals surface area (Å²) in [5.41, 5.74) is 6.54. The van der Waals surface area contributed by atoms with Crippen LogP contribution in [0.5, 0.6) is 0 Å². The van der Waals surface area contributed by atoms with Crippen LogP contribution in [0, 0.1) is 10.1 Å². The number of benzene rings is 1. The number of nitrogens with two attached hydrogens (primary N) is 1. The lowest BCUT2D eigenvalue weighted by Gasteiger charge is -2.08. The summed E-state index contributed by atoms with van der Waals surface area (Å²) < 4.78 is 0. The summed E-state index contributed by atoms with van der Waals surface area (Å²) in [6.45, 7) is 0. The Hall–Kier alpha value is -1.98. The molecule has 0 fully saturated rings. The van der Waals surface area contributed by atoms with Crippen molar-refractivity contribution in [1.29, 1.82) is 0 Å². The van der Waals surface area contributed by atoms with Gasteiger partial charge in [-0.3, -0.25) is 10.1 Å². The number of nitrogen functional groups attached to an aromatic ring is 1. The van der Waals surface area contributed by atoms with Crippen LogP contribution >= 0.6 is 0 Å². The van der Waals surface area contributed by atoms with Crippen molar-refractivity contribution in [2.75, 3.05) is 5.73 Å². The second-order valence-electron chi connectivity index (χ2n) is 2.33. The lowest BCUT2D eigenvalue weighted by molar-refractivity contribution is -0.384. The molecule has 0 aromatic heterocycles. The molecule has 1 aliphatic rings. The van der Waals surface area contributed by atoms with Gasteiger partial charge in [-0.2, -0.15) is 0 Å². The molecule has 6 heteroatoms. The van der Waals surface area contributed by atoms with Gasteiger partial charge in [0, 0.05) is 6.07 Å². The molecule has 1 aromatic rings. The number of hydrogen-bond donors (Lipinski definition) is 1. The number of nitro benzene ring substituents is 1. The van der Waals surface area contributed by atoms with Crippen LogP contribution in [-0.2, 0) is 0 Å². The maximum absolute atomic E-state index is 10.4. The Kier molecular flexibility index (Phi) is 1.12. The predicted molar refractivity (Wildman–Crippen MR) is 41.7 cm³/mol. The van der Waals surface area contributed by atoms with E-state index >= 15 is 0 Å². The van der Waals surface area contributed by atoms with Gasteiger partial charge < -0.3 is 5.73 Å². The molecule has 0 unspecified atom stereocenters. The molecule has 0 saturated heterocycles. The minimum Gasteiger partial charge on any atom is -0.397 e. The lowest BCUT2D eigenvalue weighted by Crippen LogP contribution is -1.94. The maximum atomic E-state index is 10.4. The first-order valence-corrected chi connectivity index (χ1v) is 3.19. The van der Waals surface area contributed by atoms with Gasteiger partial charge in [0.1, 0.15) is 5.69 Å². The minimum atomic E-state index is -0.504. The minimum absolute atomic E-state index is 0.0470. The van der Waals surface area contributed by atoms with E-state index in [0.29, 0.717) is 11.4 Å². The van der Waals surface area contributed by atoms with E-state index < -0.39 is 4.92 Å². The fourth-order valence-electron chi connectivity index (χ4n) is 0.991. The number of nitrogens with zero attached hydrogens (tertiary/aromatic N) is 3. The van der Waals surface area contributed by atoms with Gasteiger partial charge in [0.2, 0.25) is 0 Å². The highest BCUT2D eigenvalue weighted by Crippen LogP contribution is 2.48. The first kappa shape index (κ1) is 6.71. The van der Waals surface area contributed by atoms with Gasteiger partial charge in [0.15, 0.2) is 5.69 Å². The average Bonchev–Trinajstić information content (AvgIpc) is 1.92. The zero-order valence-electron chi connectivity index (χ0n) is 5.89. The third-order valence-electron chi connectivity index (χ3n) is 1.61. The molecular formula is C6H4N4O2.